The Hall–Kier alpha value is -2.64. The zero-order chi connectivity index (χ0) is 20.4. The van der Waals surface area contributed by atoms with Crippen molar-refractivity contribution in [2.24, 2.45) is 18.7 Å². The fraction of sp³-hybridized carbons (Fsp3) is 0.455. The highest BCUT2D eigenvalue weighted by molar-refractivity contribution is 5.82. The molecule has 0 unspecified atom stereocenters. The SMILES string of the molecule is Cc1cc(-c2nc3ccc(OCCN)cc3n2CC2CCOCC2)cn(C)c1=O. The number of imidazole rings is 1. The van der Waals surface area contributed by atoms with Gasteiger partial charge in [0.1, 0.15) is 18.2 Å². The Labute approximate surface area is 170 Å². The number of fused-ring (bicyclic) bond motifs is 1. The molecule has 2 N–H and O–H groups in total. The van der Waals surface area contributed by atoms with Crippen molar-refractivity contribution in [3.05, 3.63) is 46.4 Å². The predicted octanol–water partition coefficient (Wildman–Crippen LogP) is 2.47. The molecule has 1 aliphatic rings. The highest BCUT2D eigenvalue weighted by Gasteiger charge is 2.20. The van der Waals surface area contributed by atoms with E-state index >= 15 is 0 Å². The molecule has 3 heterocycles. The number of benzene rings is 1. The van der Waals surface area contributed by atoms with Crippen LogP contribution in [0.4, 0.5) is 0 Å². The number of ether oxygens (including phenoxy) is 2. The van der Waals surface area contributed by atoms with Gasteiger partial charge in [-0.15, -0.1) is 0 Å². The van der Waals surface area contributed by atoms with Crippen molar-refractivity contribution in [1.82, 2.24) is 14.1 Å². The molecule has 1 fully saturated rings. The molecule has 0 bridgehead atoms. The quantitative estimate of drug-likeness (QED) is 0.692. The van der Waals surface area contributed by atoms with E-state index in [1.54, 1.807) is 11.6 Å². The Kier molecular flexibility index (Phi) is 5.69. The predicted molar refractivity (Wildman–Crippen MR) is 113 cm³/mol. The van der Waals surface area contributed by atoms with Crippen molar-refractivity contribution in [2.45, 2.75) is 26.3 Å². The van der Waals surface area contributed by atoms with Gasteiger partial charge in [0.05, 0.1) is 11.0 Å². The summed E-state index contributed by atoms with van der Waals surface area (Å²) in [4.78, 5) is 17.1. The Morgan fingerprint density at radius 3 is 2.79 bits per heavy atom. The third-order valence-corrected chi connectivity index (χ3v) is 5.51. The average Bonchev–Trinajstić information content (AvgIpc) is 3.08. The molecule has 0 amide bonds. The van der Waals surface area contributed by atoms with E-state index < -0.39 is 0 Å². The van der Waals surface area contributed by atoms with E-state index in [0.29, 0.717) is 24.6 Å². The van der Waals surface area contributed by atoms with Gasteiger partial charge in [-0.3, -0.25) is 4.79 Å². The average molecular weight is 396 g/mol. The number of nitrogens with two attached hydrogens (primary N) is 1. The molecule has 29 heavy (non-hydrogen) atoms. The zero-order valence-corrected chi connectivity index (χ0v) is 17.1. The van der Waals surface area contributed by atoms with E-state index in [-0.39, 0.29) is 5.56 Å². The van der Waals surface area contributed by atoms with Crippen molar-refractivity contribution in [1.29, 1.82) is 0 Å². The normalized spacial score (nSPS) is 15.1. The van der Waals surface area contributed by atoms with E-state index in [4.69, 9.17) is 20.2 Å². The molecule has 7 nitrogen and oxygen atoms in total. The van der Waals surface area contributed by atoms with E-state index in [9.17, 15) is 4.79 Å². The maximum atomic E-state index is 12.2. The first-order valence-corrected chi connectivity index (χ1v) is 10.2. The lowest BCUT2D eigenvalue weighted by atomic mass is 10.00. The maximum absolute atomic E-state index is 12.2. The second-order valence-electron chi connectivity index (χ2n) is 7.72. The molecule has 0 radical (unpaired) electrons. The molecule has 0 aliphatic carbocycles. The van der Waals surface area contributed by atoms with Crippen molar-refractivity contribution in [2.75, 3.05) is 26.4 Å². The molecule has 1 aromatic carbocycles. The highest BCUT2D eigenvalue weighted by atomic mass is 16.5. The summed E-state index contributed by atoms with van der Waals surface area (Å²) in [5, 5.41) is 0. The number of aromatic nitrogens is 3. The summed E-state index contributed by atoms with van der Waals surface area (Å²) in [6, 6.07) is 7.88. The first kappa shape index (κ1) is 19.7. The van der Waals surface area contributed by atoms with Crippen LogP contribution in [0.2, 0.25) is 0 Å². The van der Waals surface area contributed by atoms with Crippen LogP contribution in [-0.4, -0.2) is 40.5 Å². The monoisotopic (exact) mass is 396 g/mol. The van der Waals surface area contributed by atoms with Gasteiger partial charge in [-0.2, -0.15) is 0 Å². The molecule has 4 rings (SSSR count). The van der Waals surface area contributed by atoms with Crippen LogP contribution in [0.5, 0.6) is 5.75 Å². The van der Waals surface area contributed by atoms with Crippen molar-refractivity contribution in [3.8, 4) is 17.1 Å². The molecule has 1 aliphatic heterocycles. The van der Waals surface area contributed by atoms with E-state index in [1.807, 2.05) is 37.4 Å². The molecule has 7 heteroatoms. The minimum atomic E-state index is 0.0123. The standard InChI is InChI=1S/C22H28N4O3/c1-15-11-17(14-25(2)22(15)27)21-24-19-4-3-18(29-10-7-23)12-20(19)26(21)13-16-5-8-28-9-6-16/h3-4,11-12,14,16H,5-10,13,23H2,1-2H3. The van der Waals surface area contributed by atoms with Gasteiger partial charge in [-0.25, -0.2) is 4.98 Å². The smallest absolute Gasteiger partial charge is 0.253 e. The van der Waals surface area contributed by atoms with Gasteiger partial charge < -0.3 is 24.3 Å². The lowest BCUT2D eigenvalue weighted by Crippen LogP contribution is -2.21. The number of hydrogen-bond donors (Lipinski definition) is 1. The van der Waals surface area contributed by atoms with E-state index in [0.717, 1.165) is 60.8 Å². The maximum Gasteiger partial charge on any atom is 0.253 e. The zero-order valence-electron chi connectivity index (χ0n) is 17.1. The molecular formula is C22H28N4O3. The number of nitrogens with zero attached hydrogens (tertiary/aromatic N) is 3. The molecule has 0 atom stereocenters. The molecule has 1 saturated heterocycles. The molecule has 2 aromatic heterocycles. The van der Waals surface area contributed by atoms with Crippen molar-refractivity contribution < 1.29 is 9.47 Å². The molecular weight excluding hydrogens is 368 g/mol. The summed E-state index contributed by atoms with van der Waals surface area (Å²) in [6.45, 7) is 5.26. The van der Waals surface area contributed by atoms with Crippen LogP contribution < -0.4 is 16.0 Å². The van der Waals surface area contributed by atoms with Gasteiger partial charge in [0.15, 0.2) is 0 Å². The van der Waals surface area contributed by atoms with Crippen molar-refractivity contribution >= 4 is 11.0 Å². The number of rotatable bonds is 6. The summed E-state index contributed by atoms with van der Waals surface area (Å²) >= 11 is 0. The number of pyridine rings is 1. The van der Waals surface area contributed by atoms with Crippen LogP contribution >= 0.6 is 0 Å². The largest absolute Gasteiger partial charge is 0.492 e. The molecule has 154 valence electrons. The second kappa shape index (κ2) is 8.39. The Morgan fingerprint density at radius 1 is 1.28 bits per heavy atom. The van der Waals surface area contributed by atoms with Gasteiger partial charge in [-0.1, -0.05) is 0 Å². The lowest BCUT2D eigenvalue weighted by molar-refractivity contribution is 0.0617. The second-order valence-corrected chi connectivity index (χ2v) is 7.72. The minimum absolute atomic E-state index is 0.0123. The number of aryl methyl sites for hydroxylation is 2. The van der Waals surface area contributed by atoms with Crippen LogP contribution in [0.1, 0.15) is 18.4 Å². The van der Waals surface area contributed by atoms with Crippen LogP contribution in [0.3, 0.4) is 0 Å². The van der Waals surface area contributed by atoms with Gasteiger partial charge in [-0.05, 0) is 43.9 Å². The van der Waals surface area contributed by atoms with Gasteiger partial charge >= 0.3 is 0 Å². The molecule has 3 aromatic rings. The third kappa shape index (κ3) is 4.06. The first-order chi connectivity index (χ1) is 14.1. The summed E-state index contributed by atoms with van der Waals surface area (Å²) in [7, 11) is 1.78. The van der Waals surface area contributed by atoms with Gasteiger partial charge in [0, 0.05) is 56.7 Å². The Bertz CT molecular complexity index is 1040. The van der Waals surface area contributed by atoms with E-state index in [1.165, 1.54) is 0 Å². The lowest BCUT2D eigenvalue weighted by Gasteiger charge is -2.23. The molecule has 0 spiro atoms. The first-order valence-electron chi connectivity index (χ1n) is 10.2. The fourth-order valence-corrected chi connectivity index (χ4v) is 3.96. The summed E-state index contributed by atoms with van der Waals surface area (Å²) in [5.41, 5.74) is 9.20. The van der Waals surface area contributed by atoms with Crippen LogP contribution in [0.25, 0.3) is 22.4 Å². The summed E-state index contributed by atoms with van der Waals surface area (Å²) < 4.78 is 15.2. The number of hydrogen-bond acceptors (Lipinski definition) is 5. The highest BCUT2D eigenvalue weighted by Crippen LogP contribution is 2.30. The van der Waals surface area contributed by atoms with Gasteiger partial charge in [0.25, 0.3) is 5.56 Å². The summed E-state index contributed by atoms with van der Waals surface area (Å²) in [6.07, 6.45) is 3.94. The Balaban J connectivity index is 1.83. The van der Waals surface area contributed by atoms with Crippen molar-refractivity contribution in [3.63, 3.8) is 0 Å². The summed E-state index contributed by atoms with van der Waals surface area (Å²) in [5.74, 6) is 2.20. The van der Waals surface area contributed by atoms with Crippen LogP contribution in [-0.2, 0) is 18.3 Å². The van der Waals surface area contributed by atoms with Crippen LogP contribution in [0.15, 0.2) is 35.3 Å². The minimum Gasteiger partial charge on any atom is -0.492 e. The fourth-order valence-electron chi connectivity index (χ4n) is 3.96. The van der Waals surface area contributed by atoms with Crippen LogP contribution in [0, 0.1) is 12.8 Å². The topological polar surface area (TPSA) is 84.3 Å². The van der Waals surface area contributed by atoms with Gasteiger partial charge in [0.2, 0.25) is 0 Å². The van der Waals surface area contributed by atoms with E-state index in [2.05, 4.69) is 4.57 Å². The molecule has 0 saturated carbocycles. The Morgan fingerprint density at radius 2 is 2.07 bits per heavy atom. The third-order valence-electron chi connectivity index (χ3n) is 5.51.